The van der Waals surface area contributed by atoms with Gasteiger partial charge in [0.1, 0.15) is 0 Å². The van der Waals surface area contributed by atoms with Gasteiger partial charge in [-0.25, -0.2) is 0 Å². The average Bonchev–Trinajstić information content (AvgIpc) is 2.18. The third-order valence-electron chi connectivity index (χ3n) is 2.12. The van der Waals surface area contributed by atoms with Crippen molar-refractivity contribution in [1.29, 1.82) is 0 Å². The zero-order chi connectivity index (χ0) is 9.97. The maximum atomic E-state index is 4.11. The minimum atomic E-state index is 0.453. The fraction of sp³-hybridized carbons (Fsp3) is 0.250. The summed E-state index contributed by atoms with van der Waals surface area (Å²) in [6.07, 6.45) is 3.72. The highest BCUT2D eigenvalue weighted by Crippen LogP contribution is 2.22. The molecule has 1 heterocycles. The Balaban J connectivity index is 2.53. The quantitative estimate of drug-likeness (QED) is 0.779. The second kappa shape index (κ2) is 3.66. The molecule has 1 aromatic heterocycles. The van der Waals surface area contributed by atoms with Crippen LogP contribution >= 0.6 is 0 Å². The first kappa shape index (κ1) is 9.00. The lowest BCUT2D eigenvalue weighted by Gasteiger charge is -2.12. The van der Waals surface area contributed by atoms with Crippen molar-refractivity contribution in [2.45, 2.75) is 19.9 Å². The van der Waals surface area contributed by atoms with Crippen LogP contribution in [0.3, 0.4) is 0 Å². The highest BCUT2D eigenvalue weighted by Gasteiger charge is 2.00. The van der Waals surface area contributed by atoms with Gasteiger partial charge in [-0.3, -0.25) is 4.98 Å². The largest absolute Gasteiger partial charge is 0.382 e. The first-order valence-corrected chi connectivity index (χ1v) is 4.86. The summed E-state index contributed by atoms with van der Waals surface area (Å²) >= 11 is 0. The SMILES string of the molecule is CC(C)Nc1cccc2cnccc12. The summed E-state index contributed by atoms with van der Waals surface area (Å²) in [5.41, 5.74) is 1.18. The van der Waals surface area contributed by atoms with Gasteiger partial charge >= 0.3 is 0 Å². The van der Waals surface area contributed by atoms with Crippen LogP contribution in [-0.4, -0.2) is 11.0 Å². The van der Waals surface area contributed by atoms with Crippen LogP contribution in [0.2, 0.25) is 0 Å². The Morgan fingerprint density at radius 1 is 1.21 bits per heavy atom. The number of fused-ring (bicyclic) bond motifs is 1. The summed E-state index contributed by atoms with van der Waals surface area (Å²) < 4.78 is 0. The Morgan fingerprint density at radius 2 is 2.07 bits per heavy atom. The van der Waals surface area contributed by atoms with Crippen molar-refractivity contribution in [3.05, 3.63) is 36.7 Å². The molecule has 0 unspecified atom stereocenters. The van der Waals surface area contributed by atoms with Gasteiger partial charge < -0.3 is 5.32 Å². The normalized spacial score (nSPS) is 10.8. The van der Waals surface area contributed by atoms with E-state index in [1.807, 2.05) is 18.5 Å². The molecule has 0 aliphatic carbocycles. The topological polar surface area (TPSA) is 24.9 Å². The molecule has 0 atom stereocenters. The Hall–Kier alpha value is -1.57. The molecule has 0 aliphatic heterocycles. The van der Waals surface area contributed by atoms with Crippen LogP contribution in [0.15, 0.2) is 36.7 Å². The molecule has 0 fully saturated rings. The Morgan fingerprint density at radius 3 is 2.86 bits per heavy atom. The van der Waals surface area contributed by atoms with E-state index in [9.17, 15) is 0 Å². The van der Waals surface area contributed by atoms with Crippen LogP contribution in [0.4, 0.5) is 5.69 Å². The van der Waals surface area contributed by atoms with Gasteiger partial charge in [-0.2, -0.15) is 0 Å². The molecule has 1 aromatic carbocycles. The van der Waals surface area contributed by atoms with Gasteiger partial charge in [0.05, 0.1) is 0 Å². The lowest BCUT2D eigenvalue weighted by atomic mass is 10.1. The minimum Gasteiger partial charge on any atom is -0.382 e. The zero-order valence-corrected chi connectivity index (χ0v) is 8.49. The summed E-state index contributed by atoms with van der Waals surface area (Å²) in [5, 5.41) is 5.83. The second-order valence-electron chi connectivity index (χ2n) is 3.70. The van der Waals surface area contributed by atoms with Crippen molar-refractivity contribution in [2.75, 3.05) is 5.32 Å². The average molecular weight is 186 g/mol. The Labute approximate surface area is 84.0 Å². The molecule has 1 N–H and O–H groups in total. The second-order valence-corrected chi connectivity index (χ2v) is 3.70. The summed E-state index contributed by atoms with van der Waals surface area (Å²) in [6, 6.07) is 8.72. The monoisotopic (exact) mass is 186 g/mol. The number of benzene rings is 1. The molecule has 0 saturated carbocycles. The van der Waals surface area contributed by atoms with Gasteiger partial charge in [-0.1, -0.05) is 12.1 Å². The number of nitrogens with zero attached hydrogens (tertiary/aromatic N) is 1. The summed E-state index contributed by atoms with van der Waals surface area (Å²) in [4.78, 5) is 4.11. The van der Waals surface area contributed by atoms with Crippen LogP contribution in [0, 0.1) is 0 Å². The van der Waals surface area contributed by atoms with E-state index in [2.05, 4.69) is 42.3 Å². The lowest BCUT2D eigenvalue weighted by Crippen LogP contribution is -2.09. The number of anilines is 1. The fourth-order valence-corrected chi connectivity index (χ4v) is 1.56. The number of aromatic nitrogens is 1. The number of hydrogen-bond donors (Lipinski definition) is 1. The molecular formula is C12H14N2. The van der Waals surface area contributed by atoms with E-state index >= 15 is 0 Å². The molecule has 0 radical (unpaired) electrons. The predicted octanol–water partition coefficient (Wildman–Crippen LogP) is 3.06. The number of nitrogens with one attached hydrogen (secondary N) is 1. The molecular weight excluding hydrogens is 172 g/mol. The van der Waals surface area contributed by atoms with Crippen molar-refractivity contribution in [2.24, 2.45) is 0 Å². The lowest BCUT2D eigenvalue weighted by molar-refractivity contribution is 0.902. The van der Waals surface area contributed by atoms with Gasteiger partial charge in [0, 0.05) is 34.9 Å². The van der Waals surface area contributed by atoms with Crippen molar-refractivity contribution < 1.29 is 0 Å². The molecule has 0 bridgehead atoms. The van der Waals surface area contributed by atoms with Crippen LogP contribution < -0.4 is 5.32 Å². The first-order valence-electron chi connectivity index (χ1n) is 4.86. The molecule has 72 valence electrons. The van der Waals surface area contributed by atoms with Gasteiger partial charge in [-0.05, 0) is 26.0 Å². The maximum Gasteiger partial charge on any atom is 0.0422 e. The predicted molar refractivity (Wildman–Crippen MR) is 60.5 cm³/mol. The van der Waals surface area contributed by atoms with Crippen molar-refractivity contribution in [3.8, 4) is 0 Å². The molecule has 0 saturated heterocycles. The standard InChI is InChI=1S/C12H14N2/c1-9(2)14-12-5-3-4-10-8-13-7-6-11(10)12/h3-9,14H,1-2H3. The van der Waals surface area contributed by atoms with E-state index < -0.39 is 0 Å². The van der Waals surface area contributed by atoms with Crippen LogP contribution in [0.1, 0.15) is 13.8 Å². The van der Waals surface area contributed by atoms with Gasteiger partial charge in [-0.15, -0.1) is 0 Å². The van der Waals surface area contributed by atoms with Crippen molar-refractivity contribution in [1.82, 2.24) is 4.98 Å². The van der Waals surface area contributed by atoms with E-state index in [1.165, 1.54) is 16.5 Å². The highest BCUT2D eigenvalue weighted by molar-refractivity contribution is 5.93. The third kappa shape index (κ3) is 1.69. The maximum absolute atomic E-state index is 4.11. The molecule has 2 heteroatoms. The smallest absolute Gasteiger partial charge is 0.0422 e. The van der Waals surface area contributed by atoms with Gasteiger partial charge in [0.2, 0.25) is 0 Å². The van der Waals surface area contributed by atoms with E-state index in [1.54, 1.807) is 0 Å². The fourth-order valence-electron chi connectivity index (χ4n) is 1.56. The zero-order valence-electron chi connectivity index (χ0n) is 8.49. The molecule has 2 rings (SSSR count). The molecule has 0 aliphatic rings. The third-order valence-corrected chi connectivity index (χ3v) is 2.12. The Bertz CT molecular complexity index is 430. The van der Waals surface area contributed by atoms with Crippen LogP contribution in [0.25, 0.3) is 10.8 Å². The van der Waals surface area contributed by atoms with Crippen LogP contribution in [0.5, 0.6) is 0 Å². The number of rotatable bonds is 2. The highest BCUT2D eigenvalue weighted by atomic mass is 14.9. The van der Waals surface area contributed by atoms with Gasteiger partial charge in [0.25, 0.3) is 0 Å². The molecule has 0 spiro atoms. The van der Waals surface area contributed by atoms with Crippen molar-refractivity contribution >= 4 is 16.5 Å². The van der Waals surface area contributed by atoms with E-state index in [4.69, 9.17) is 0 Å². The molecule has 0 amide bonds. The molecule has 2 nitrogen and oxygen atoms in total. The summed E-state index contributed by atoms with van der Waals surface area (Å²) in [5.74, 6) is 0. The van der Waals surface area contributed by atoms with E-state index in [0.29, 0.717) is 6.04 Å². The summed E-state index contributed by atoms with van der Waals surface area (Å²) in [6.45, 7) is 4.28. The van der Waals surface area contributed by atoms with Crippen LogP contribution in [-0.2, 0) is 0 Å². The van der Waals surface area contributed by atoms with E-state index in [0.717, 1.165) is 0 Å². The number of hydrogen-bond acceptors (Lipinski definition) is 2. The number of pyridine rings is 1. The van der Waals surface area contributed by atoms with Crippen molar-refractivity contribution in [3.63, 3.8) is 0 Å². The Kier molecular flexibility index (Phi) is 2.35. The first-order chi connectivity index (χ1) is 6.77. The van der Waals surface area contributed by atoms with Gasteiger partial charge in [0.15, 0.2) is 0 Å². The summed E-state index contributed by atoms with van der Waals surface area (Å²) in [7, 11) is 0. The molecule has 2 aromatic rings. The minimum absolute atomic E-state index is 0.453. The van der Waals surface area contributed by atoms with E-state index in [-0.39, 0.29) is 0 Å². The molecule has 14 heavy (non-hydrogen) atoms.